The van der Waals surface area contributed by atoms with Crippen LogP contribution in [0.3, 0.4) is 0 Å². The first-order valence-corrected chi connectivity index (χ1v) is 9.49. The molecule has 0 amide bonds. The van der Waals surface area contributed by atoms with Crippen LogP contribution in [0, 0.1) is 6.92 Å². The quantitative estimate of drug-likeness (QED) is 0.189. The molecule has 0 aliphatic heterocycles. The molecule has 0 bridgehead atoms. The lowest BCUT2D eigenvalue weighted by Gasteiger charge is -2.13. The van der Waals surface area contributed by atoms with Crippen molar-refractivity contribution in [2.24, 2.45) is 4.99 Å². The number of nitrogens with one attached hydrogen (secondary N) is 3. The van der Waals surface area contributed by atoms with E-state index in [0.717, 1.165) is 55.4 Å². The lowest BCUT2D eigenvalue weighted by molar-refractivity contribution is 0.172. The minimum absolute atomic E-state index is 0. The van der Waals surface area contributed by atoms with Crippen LogP contribution in [0.5, 0.6) is 5.75 Å². The molecule has 1 aromatic heterocycles. The van der Waals surface area contributed by atoms with Gasteiger partial charge in [-0.3, -0.25) is 10.1 Å². The number of nitrogens with zero attached hydrogens (tertiary/aromatic N) is 2. The van der Waals surface area contributed by atoms with Crippen LogP contribution in [-0.4, -0.2) is 49.6 Å². The normalized spacial score (nSPS) is 11.0. The predicted octanol–water partition coefficient (Wildman–Crippen LogP) is 3.76. The third-order valence-corrected chi connectivity index (χ3v) is 4.01. The minimum Gasteiger partial charge on any atom is -0.493 e. The van der Waals surface area contributed by atoms with Gasteiger partial charge in [-0.2, -0.15) is 5.10 Å². The maximum atomic E-state index is 5.75. The zero-order chi connectivity index (χ0) is 19.3. The smallest absolute Gasteiger partial charge is 0.195 e. The second-order valence-electron chi connectivity index (χ2n) is 6.23. The van der Waals surface area contributed by atoms with Gasteiger partial charge in [-0.1, -0.05) is 6.07 Å². The van der Waals surface area contributed by atoms with Crippen LogP contribution >= 0.6 is 24.0 Å². The number of aliphatic imine (C=N–C) groups is 1. The highest BCUT2D eigenvalue weighted by atomic mass is 127. The predicted molar refractivity (Wildman–Crippen MR) is 125 cm³/mol. The summed E-state index contributed by atoms with van der Waals surface area (Å²) in [4.78, 5) is 4.66. The van der Waals surface area contributed by atoms with Crippen molar-refractivity contribution in [1.29, 1.82) is 0 Å². The Morgan fingerprint density at radius 1 is 1.25 bits per heavy atom. The van der Waals surface area contributed by atoms with Crippen molar-refractivity contribution in [1.82, 2.24) is 15.5 Å². The molecule has 0 unspecified atom stereocenters. The van der Waals surface area contributed by atoms with Crippen LogP contribution in [0.25, 0.3) is 0 Å². The van der Waals surface area contributed by atoms with E-state index in [1.54, 1.807) is 7.11 Å². The zero-order valence-corrected chi connectivity index (χ0v) is 19.3. The number of aromatic nitrogens is 2. The zero-order valence-electron chi connectivity index (χ0n) is 17.0. The molecule has 0 aliphatic rings. The van der Waals surface area contributed by atoms with Gasteiger partial charge in [-0.25, -0.2) is 0 Å². The molecule has 156 valence electrons. The Labute approximate surface area is 184 Å². The number of guanidine groups is 1. The molecular weight excluding hydrogens is 469 g/mol. The van der Waals surface area contributed by atoms with E-state index in [-0.39, 0.29) is 24.0 Å². The van der Waals surface area contributed by atoms with Gasteiger partial charge >= 0.3 is 0 Å². The summed E-state index contributed by atoms with van der Waals surface area (Å²) in [6, 6.07) is 7.91. The Kier molecular flexibility index (Phi) is 12.3. The Hall–Kier alpha value is -1.81. The summed E-state index contributed by atoms with van der Waals surface area (Å²) in [5, 5.41) is 13.6. The van der Waals surface area contributed by atoms with Crippen molar-refractivity contribution in [3.63, 3.8) is 0 Å². The lowest BCUT2D eigenvalue weighted by Crippen LogP contribution is -2.30. The van der Waals surface area contributed by atoms with E-state index in [1.807, 2.05) is 37.4 Å². The summed E-state index contributed by atoms with van der Waals surface area (Å²) in [5.74, 6) is 1.61. The van der Waals surface area contributed by atoms with Gasteiger partial charge in [0.15, 0.2) is 5.96 Å². The average Bonchev–Trinajstić information content (AvgIpc) is 3.08. The summed E-state index contributed by atoms with van der Waals surface area (Å²) in [6.45, 7) is 6.99. The number of anilines is 1. The number of ether oxygens (including phenoxy) is 2. The summed E-state index contributed by atoms with van der Waals surface area (Å²) < 4.78 is 10.8. The number of rotatable bonds is 11. The van der Waals surface area contributed by atoms with Crippen LogP contribution in [-0.2, 0) is 11.2 Å². The van der Waals surface area contributed by atoms with Crippen LogP contribution < -0.4 is 15.4 Å². The first-order chi connectivity index (χ1) is 13.2. The van der Waals surface area contributed by atoms with E-state index < -0.39 is 0 Å². The minimum atomic E-state index is 0. The third kappa shape index (κ3) is 8.92. The van der Waals surface area contributed by atoms with Gasteiger partial charge in [-0.05, 0) is 44.4 Å². The highest BCUT2D eigenvalue weighted by Gasteiger charge is 2.03. The summed E-state index contributed by atoms with van der Waals surface area (Å²) in [5.41, 5.74) is 3.33. The number of hydrogen-bond acceptors (Lipinski definition) is 4. The molecule has 2 rings (SSSR count). The average molecular weight is 501 g/mol. The maximum absolute atomic E-state index is 5.75. The van der Waals surface area contributed by atoms with Crippen LogP contribution in [0.4, 0.5) is 5.69 Å². The van der Waals surface area contributed by atoms with E-state index in [0.29, 0.717) is 13.2 Å². The first kappa shape index (κ1) is 24.2. The van der Waals surface area contributed by atoms with Gasteiger partial charge in [0.05, 0.1) is 12.8 Å². The second-order valence-corrected chi connectivity index (χ2v) is 6.23. The third-order valence-electron chi connectivity index (χ3n) is 4.01. The number of benzene rings is 1. The fourth-order valence-electron chi connectivity index (χ4n) is 2.59. The van der Waals surface area contributed by atoms with Gasteiger partial charge in [0, 0.05) is 50.7 Å². The molecule has 2 aromatic rings. The number of hydrogen-bond donors (Lipinski definition) is 3. The fraction of sp³-hybridized carbons (Fsp3) is 0.500. The van der Waals surface area contributed by atoms with Crippen molar-refractivity contribution < 1.29 is 9.47 Å². The number of halogens is 1. The van der Waals surface area contributed by atoms with E-state index in [9.17, 15) is 0 Å². The van der Waals surface area contributed by atoms with Crippen molar-refractivity contribution >= 4 is 35.6 Å². The van der Waals surface area contributed by atoms with E-state index in [4.69, 9.17) is 9.47 Å². The highest BCUT2D eigenvalue weighted by molar-refractivity contribution is 14.0. The molecule has 0 saturated heterocycles. The summed E-state index contributed by atoms with van der Waals surface area (Å²) in [7, 11) is 1.70. The van der Waals surface area contributed by atoms with E-state index in [1.165, 1.54) is 5.56 Å². The molecular formula is C20H32IN5O2. The van der Waals surface area contributed by atoms with Crippen LogP contribution in [0.15, 0.2) is 35.5 Å². The Morgan fingerprint density at radius 3 is 2.82 bits per heavy atom. The largest absolute Gasteiger partial charge is 0.493 e. The fourth-order valence-corrected chi connectivity index (χ4v) is 2.59. The Bertz CT molecular complexity index is 705. The van der Waals surface area contributed by atoms with E-state index in [2.05, 4.69) is 32.7 Å². The van der Waals surface area contributed by atoms with Crippen molar-refractivity contribution in [3.05, 3.63) is 41.7 Å². The molecule has 28 heavy (non-hydrogen) atoms. The standard InChI is InChI=1S/C20H31N5O2.HI/c1-4-21-20(22-11-6-8-17-15-23-25-16(17)2)24-18-9-5-10-19(14-18)27-13-7-12-26-3;/h5,9-10,14-15H,4,6-8,11-13H2,1-3H3,(H,23,25)(H2,21,22,24);1H. The summed E-state index contributed by atoms with van der Waals surface area (Å²) >= 11 is 0. The van der Waals surface area contributed by atoms with Crippen molar-refractivity contribution in [2.75, 3.05) is 38.7 Å². The molecule has 1 aromatic carbocycles. The highest BCUT2D eigenvalue weighted by Crippen LogP contribution is 2.17. The second kappa shape index (κ2) is 14.2. The van der Waals surface area contributed by atoms with Gasteiger partial charge in [0.1, 0.15) is 5.75 Å². The van der Waals surface area contributed by atoms with Gasteiger partial charge in [-0.15, -0.1) is 24.0 Å². The molecule has 0 radical (unpaired) electrons. The first-order valence-electron chi connectivity index (χ1n) is 9.49. The topological polar surface area (TPSA) is 83.6 Å². The van der Waals surface area contributed by atoms with Crippen molar-refractivity contribution in [2.45, 2.75) is 33.1 Å². The molecule has 0 spiro atoms. The van der Waals surface area contributed by atoms with Crippen molar-refractivity contribution in [3.8, 4) is 5.75 Å². The van der Waals surface area contributed by atoms with Gasteiger partial charge < -0.3 is 20.1 Å². The van der Waals surface area contributed by atoms with Crippen LogP contribution in [0.2, 0.25) is 0 Å². The SMILES string of the molecule is CCNC(=NCCCc1cn[nH]c1C)Nc1cccc(OCCCOC)c1.I. The van der Waals surface area contributed by atoms with Gasteiger partial charge in [0.2, 0.25) is 0 Å². The number of H-pyrrole nitrogens is 1. The Morgan fingerprint density at radius 2 is 2.11 bits per heavy atom. The maximum Gasteiger partial charge on any atom is 0.195 e. The molecule has 8 heteroatoms. The molecule has 0 fully saturated rings. The monoisotopic (exact) mass is 501 g/mol. The molecule has 1 heterocycles. The molecule has 7 nitrogen and oxygen atoms in total. The number of aromatic amines is 1. The molecule has 3 N–H and O–H groups in total. The van der Waals surface area contributed by atoms with Crippen LogP contribution in [0.1, 0.15) is 31.0 Å². The lowest BCUT2D eigenvalue weighted by atomic mass is 10.1. The number of methoxy groups -OCH3 is 1. The molecule has 0 atom stereocenters. The Balaban J connectivity index is 0.00000392. The van der Waals surface area contributed by atoms with Gasteiger partial charge in [0.25, 0.3) is 0 Å². The molecule has 0 aliphatic carbocycles. The van der Waals surface area contributed by atoms with E-state index >= 15 is 0 Å². The number of aryl methyl sites for hydroxylation is 2. The molecule has 0 saturated carbocycles. The summed E-state index contributed by atoms with van der Waals surface area (Å²) in [6.07, 6.45) is 4.70.